The van der Waals surface area contributed by atoms with Gasteiger partial charge in [-0.25, -0.2) is 0 Å². The lowest BCUT2D eigenvalue weighted by Gasteiger charge is -2.37. The Labute approximate surface area is 146 Å². The molecule has 2 aromatic rings. The Morgan fingerprint density at radius 3 is 2.42 bits per heavy atom. The average molecular weight is 341 g/mol. The van der Waals surface area contributed by atoms with Gasteiger partial charge in [-0.05, 0) is 18.2 Å². The van der Waals surface area contributed by atoms with Gasteiger partial charge in [0.25, 0.3) is 5.91 Å². The van der Waals surface area contributed by atoms with Gasteiger partial charge in [-0.15, -0.1) is 0 Å². The van der Waals surface area contributed by atoms with E-state index < -0.39 is 6.04 Å². The molecule has 6 heteroatoms. The highest BCUT2D eigenvalue weighted by atomic mass is 35.5. The molecule has 0 bridgehead atoms. The normalized spacial score (nSPS) is 16.4. The molecule has 1 aromatic heterocycles. The lowest BCUT2D eigenvalue weighted by Crippen LogP contribution is -2.49. The van der Waals surface area contributed by atoms with Gasteiger partial charge in [0, 0.05) is 54.7 Å². The van der Waals surface area contributed by atoms with Crippen LogP contribution in [0, 0.1) is 11.3 Å². The number of nitriles is 1. The highest BCUT2D eigenvalue weighted by molar-refractivity contribution is 6.31. The number of amides is 1. The van der Waals surface area contributed by atoms with Gasteiger partial charge in [-0.1, -0.05) is 29.8 Å². The summed E-state index contributed by atoms with van der Waals surface area (Å²) >= 11 is 6.23. The molecule has 1 atom stereocenters. The minimum atomic E-state index is -0.392. The summed E-state index contributed by atoms with van der Waals surface area (Å²) in [7, 11) is 0. The maximum atomic E-state index is 12.5. The molecule has 122 valence electrons. The van der Waals surface area contributed by atoms with Crippen LogP contribution in [0.2, 0.25) is 5.02 Å². The van der Waals surface area contributed by atoms with Gasteiger partial charge in [0.2, 0.25) is 0 Å². The molecule has 0 spiro atoms. The summed E-state index contributed by atoms with van der Waals surface area (Å²) in [5, 5.41) is 10.2. The van der Waals surface area contributed by atoms with Gasteiger partial charge < -0.3 is 4.90 Å². The van der Waals surface area contributed by atoms with E-state index in [2.05, 4.69) is 16.0 Å². The second-order valence-corrected chi connectivity index (χ2v) is 6.02. The van der Waals surface area contributed by atoms with E-state index in [4.69, 9.17) is 11.6 Å². The number of aromatic nitrogens is 1. The van der Waals surface area contributed by atoms with Gasteiger partial charge in [-0.2, -0.15) is 5.26 Å². The smallest absolute Gasteiger partial charge is 0.254 e. The molecule has 1 aliphatic heterocycles. The van der Waals surface area contributed by atoms with Crippen LogP contribution in [-0.4, -0.2) is 46.9 Å². The molecule has 5 nitrogen and oxygen atoms in total. The van der Waals surface area contributed by atoms with Crippen LogP contribution in [0.1, 0.15) is 22.0 Å². The average Bonchev–Trinajstić information content (AvgIpc) is 2.64. The monoisotopic (exact) mass is 340 g/mol. The largest absolute Gasteiger partial charge is 0.336 e. The van der Waals surface area contributed by atoms with Crippen molar-refractivity contribution in [3.05, 3.63) is 64.9 Å². The Morgan fingerprint density at radius 1 is 1.12 bits per heavy atom. The summed E-state index contributed by atoms with van der Waals surface area (Å²) < 4.78 is 0. The van der Waals surface area contributed by atoms with Crippen LogP contribution >= 0.6 is 11.6 Å². The number of halogens is 1. The first-order valence-electron chi connectivity index (χ1n) is 7.78. The summed E-state index contributed by atoms with van der Waals surface area (Å²) in [6.07, 6.45) is 3.24. The third-order valence-corrected chi connectivity index (χ3v) is 4.56. The Morgan fingerprint density at radius 2 is 1.79 bits per heavy atom. The molecule has 1 unspecified atom stereocenters. The zero-order valence-electron chi connectivity index (χ0n) is 13.1. The van der Waals surface area contributed by atoms with Crippen LogP contribution in [0.3, 0.4) is 0 Å². The molecule has 1 fully saturated rings. The van der Waals surface area contributed by atoms with E-state index in [1.807, 2.05) is 23.1 Å². The molecule has 2 heterocycles. The van der Waals surface area contributed by atoms with Crippen molar-refractivity contribution < 1.29 is 4.79 Å². The van der Waals surface area contributed by atoms with Crippen molar-refractivity contribution in [1.29, 1.82) is 5.26 Å². The fourth-order valence-electron chi connectivity index (χ4n) is 2.91. The van der Waals surface area contributed by atoms with E-state index in [0.717, 1.165) is 5.56 Å². The number of piperazine rings is 1. The third kappa shape index (κ3) is 3.40. The first kappa shape index (κ1) is 16.4. The van der Waals surface area contributed by atoms with Gasteiger partial charge >= 0.3 is 0 Å². The van der Waals surface area contributed by atoms with Crippen molar-refractivity contribution in [3.63, 3.8) is 0 Å². The summed E-state index contributed by atoms with van der Waals surface area (Å²) in [5.74, 6) is 0.00306. The van der Waals surface area contributed by atoms with Crippen molar-refractivity contribution in [2.24, 2.45) is 0 Å². The molecular weight excluding hydrogens is 324 g/mol. The Hall–Kier alpha value is -2.42. The van der Waals surface area contributed by atoms with Crippen LogP contribution in [-0.2, 0) is 0 Å². The van der Waals surface area contributed by atoms with E-state index in [1.54, 1.807) is 30.6 Å². The number of hydrogen-bond donors (Lipinski definition) is 0. The van der Waals surface area contributed by atoms with Gasteiger partial charge in [0.15, 0.2) is 0 Å². The van der Waals surface area contributed by atoms with Crippen molar-refractivity contribution in [3.8, 4) is 6.07 Å². The summed E-state index contributed by atoms with van der Waals surface area (Å²) in [4.78, 5) is 20.3. The SMILES string of the molecule is N#CC(c1ccccc1Cl)N1CCN(C(=O)c2ccncc2)CC1. The number of carbonyl (C=O) groups is 1. The lowest BCUT2D eigenvalue weighted by molar-refractivity contribution is 0.0606. The second-order valence-electron chi connectivity index (χ2n) is 5.62. The number of hydrogen-bond acceptors (Lipinski definition) is 4. The van der Waals surface area contributed by atoms with Crippen LogP contribution < -0.4 is 0 Å². The minimum Gasteiger partial charge on any atom is -0.336 e. The highest BCUT2D eigenvalue weighted by Gasteiger charge is 2.28. The van der Waals surface area contributed by atoms with Crippen molar-refractivity contribution >= 4 is 17.5 Å². The number of carbonyl (C=O) groups excluding carboxylic acids is 1. The molecule has 1 amide bonds. The topological polar surface area (TPSA) is 60.2 Å². The fraction of sp³-hybridized carbons (Fsp3) is 0.278. The second kappa shape index (κ2) is 7.43. The molecule has 1 aromatic carbocycles. The van der Waals surface area contributed by atoms with Gasteiger partial charge in [0.05, 0.1) is 6.07 Å². The predicted molar refractivity (Wildman–Crippen MR) is 91.5 cm³/mol. The molecular formula is C18H17ClN4O. The molecule has 0 aliphatic carbocycles. The van der Waals surface area contributed by atoms with E-state index in [1.165, 1.54) is 0 Å². The third-order valence-electron chi connectivity index (χ3n) is 4.22. The number of rotatable bonds is 3. The standard InChI is InChI=1S/C18H17ClN4O/c19-16-4-2-1-3-15(16)17(13-20)22-9-11-23(12-10-22)18(24)14-5-7-21-8-6-14/h1-8,17H,9-12H2. The summed E-state index contributed by atoms with van der Waals surface area (Å²) in [6, 6.07) is 12.8. The first-order valence-corrected chi connectivity index (χ1v) is 8.16. The lowest BCUT2D eigenvalue weighted by atomic mass is 10.1. The zero-order chi connectivity index (χ0) is 16.9. The van der Waals surface area contributed by atoms with E-state index in [9.17, 15) is 10.1 Å². The number of benzene rings is 1. The van der Waals surface area contributed by atoms with Crippen LogP contribution in [0.4, 0.5) is 0 Å². The molecule has 1 saturated heterocycles. The molecule has 0 N–H and O–H groups in total. The quantitative estimate of drug-likeness (QED) is 0.862. The van der Waals surface area contributed by atoms with Crippen molar-refractivity contribution in [2.45, 2.75) is 6.04 Å². The molecule has 0 saturated carbocycles. The Kier molecular flexibility index (Phi) is 5.09. The fourth-order valence-corrected chi connectivity index (χ4v) is 3.14. The van der Waals surface area contributed by atoms with Gasteiger partial charge in [-0.3, -0.25) is 14.7 Å². The molecule has 1 aliphatic rings. The predicted octanol–water partition coefficient (Wildman–Crippen LogP) is 2.76. The Balaban J connectivity index is 1.67. The van der Waals surface area contributed by atoms with Crippen molar-refractivity contribution in [1.82, 2.24) is 14.8 Å². The number of pyridine rings is 1. The van der Waals surface area contributed by atoms with E-state index in [-0.39, 0.29) is 5.91 Å². The first-order chi connectivity index (χ1) is 11.7. The molecule has 3 rings (SSSR count). The molecule has 24 heavy (non-hydrogen) atoms. The van der Waals surface area contributed by atoms with Crippen LogP contribution in [0.15, 0.2) is 48.8 Å². The Bertz CT molecular complexity index is 751. The van der Waals surface area contributed by atoms with E-state index >= 15 is 0 Å². The summed E-state index contributed by atoms with van der Waals surface area (Å²) in [5.41, 5.74) is 1.46. The van der Waals surface area contributed by atoms with Crippen LogP contribution in [0.5, 0.6) is 0 Å². The minimum absolute atomic E-state index is 0.00306. The van der Waals surface area contributed by atoms with Gasteiger partial charge in [0.1, 0.15) is 6.04 Å². The zero-order valence-corrected chi connectivity index (χ0v) is 13.9. The van der Waals surface area contributed by atoms with Crippen LogP contribution in [0.25, 0.3) is 0 Å². The summed E-state index contributed by atoms with van der Waals surface area (Å²) in [6.45, 7) is 2.45. The highest BCUT2D eigenvalue weighted by Crippen LogP contribution is 2.28. The number of nitrogens with zero attached hydrogens (tertiary/aromatic N) is 4. The maximum absolute atomic E-state index is 12.5. The molecule has 0 radical (unpaired) electrons. The van der Waals surface area contributed by atoms with E-state index in [0.29, 0.717) is 36.8 Å². The van der Waals surface area contributed by atoms with Crippen molar-refractivity contribution in [2.75, 3.05) is 26.2 Å². The maximum Gasteiger partial charge on any atom is 0.254 e.